The smallest absolute Gasteiger partial charge is 0.182 e. The molecule has 0 saturated carbocycles. The molecule has 0 atom stereocenters. The van der Waals surface area contributed by atoms with Gasteiger partial charge in [-0.25, -0.2) is 4.98 Å². The van der Waals surface area contributed by atoms with Gasteiger partial charge in [0.25, 0.3) is 0 Å². The molecule has 0 saturated heterocycles. The minimum absolute atomic E-state index is 0.784. The highest BCUT2D eigenvalue weighted by molar-refractivity contribution is 7.13. The average Bonchev–Trinajstić information content (AvgIpc) is 2.67. The summed E-state index contributed by atoms with van der Waals surface area (Å²) in [5, 5.41) is 7.13. The zero-order valence-corrected chi connectivity index (χ0v) is 10.6. The Bertz CT molecular complexity index is 450. The number of rotatable bonds is 4. The van der Waals surface area contributed by atoms with Gasteiger partial charge in [0, 0.05) is 16.9 Å². The Morgan fingerprint density at radius 1 is 1.31 bits per heavy atom. The molecular weight excluding hydrogens is 240 g/mol. The van der Waals surface area contributed by atoms with Crippen molar-refractivity contribution in [2.45, 2.75) is 13.3 Å². The monoisotopic (exact) mass is 252 g/mol. The van der Waals surface area contributed by atoms with Crippen LogP contribution in [0, 0.1) is 6.92 Å². The molecule has 0 amide bonds. The standard InChI is InChI=1S/C12H13ClN2S/c1-9-8-16-12(15-9)14-7-6-10-2-4-11(13)5-3-10/h2-5,8H,6-7H2,1H3,(H,14,15). The van der Waals surface area contributed by atoms with E-state index in [1.807, 2.05) is 24.4 Å². The molecule has 2 nitrogen and oxygen atoms in total. The van der Waals surface area contributed by atoms with Crippen LogP contribution in [0.4, 0.5) is 5.13 Å². The van der Waals surface area contributed by atoms with E-state index in [1.54, 1.807) is 11.3 Å². The Balaban J connectivity index is 1.82. The van der Waals surface area contributed by atoms with Crippen LogP contribution in [0.15, 0.2) is 29.6 Å². The summed E-state index contributed by atoms with van der Waals surface area (Å²) in [4.78, 5) is 4.34. The normalized spacial score (nSPS) is 10.4. The Hall–Kier alpha value is -1.06. The molecule has 0 radical (unpaired) electrons. The molecule has 16 heavy (non-hydrogen) atoms. The number of aromatic nitrogens is 1. The van der Waals surface area contributed by atoms with Crippen molar-refractivity contribution in [3.05, 3.63) is 45.9 Å². The maximum absolute atomic E-state index is 5.82. The van der Waals surface area contributed by atoms with Crippen molar-refractivity contribution in [2.24, 2.45) is 0 Å². The first kappa shape index (κ1) is 11.4. The number of aryl methyl sites for hydroxylation is 1. The molecule has 0 unspecified atom stereocenters. The maximum Gasteiger partial charge on any atom is 0.182 e. The minimum atomic E-state index is 0.784. The number of hydrogen-bond donors (Lipinski definition) is 1. The van der Waals surface area contributed by atoms with Crippen LogP contribution >= 0.6 is 22.9 Å². The zero-order valence-electron chi connectivity index (χ0n) is 9.03. The summed E-state index contributed by atoms with van der Waals surface area (Å²) in [6, 6.07) is 7.95. The number of halogens is 1. The molecule has 0 aliphatic carbocycles. The third kappa shape index (κ3) is 3.22. The number of hydrogen-bond acceptors (Lipinski definition) is 3. The van der Waals surface area contributed by atoms with Crippen molar-refractivity contribution in [3.8, 4) is 0 Å². The lowest BCUT2D eigenvalue weighted by atomic mass is 10.1. The molecule has 2 aromatic rings. The molecule has 0 aliphatic rings. The molecule has 2 rings (SSSR count). The molecule has 1 aromatic heterocycles. The van der Waals surface area contributed by atoms with E-state index in [1.165, 1.54) is 5.56 Å². The second kappa shape index (κ2) is 5.32. The summed E-state index contributed by atoms with van der Waals surface area (Å²) in [6.45, 7) is 2.90. The van der Waals surface area contributed by atoms with Gasteiger partial charge in [-0.1, -0.05) is 23.7 Å². The molecular formula is C12H13ClN2S. The van der Waals surface area contributed by atoms with Gasteiger partial charge < -0.3 is 5.32 Å². The average molecular weight is 253 g/mol. The Labute approximate surface area is 104 Å². The van der Waals surface area contributed by atoms with Crippen LogP contribution < -0.4 is 5.32 Å². The van der Waals surface area contributed by atoms with Crippen LogP contribution in [0.3, 0.4) is 0 Å². The zero-order chi connectivity index (χ0) is 11.4. The second-order valence-electron chi connectivity index (χ2n) is 3.60. The molecule has 4 heteroatoms. The number of nitrogens with zero attached hydrogens (tertiary/aromatic N) is 1. The van der Waals surface area contributed by atoms with E-state index in [0.717, 1.165) is 28.8 Å². The van der Waals surface area contributed by atoms with E-state index >= 15 is 0 Å². The van der Waals surface area contributed by atoms with Gasteiger partial charge in [0.15, 0.2) is 5.13 Å². The number of nitrogens with one attached hydrogen (secondary N) is 1. The predicted octanol–water partition coefficient (Wildman–Crippen LogP) is 3.76. The van der Waals surface area contributed by atoms with E-state index in [0.29, 0.717) is 0 Å². The van der Waals surface area contributed by atoms with Crippen LogP contribution in [0.5, 0.6) is 0 Å². The SMILES string of the molecule is Cc1csc(NCCc2ccc(Cl)cc2)n1. The summed E-state index contributed by atoms with van der Waals surface area (Å²) in [7, 11) is 0. The van der Waals surface area contributed by atoms with Gasteiger partial charge in [0.2, 0.25) is 0 Å². The third-order valence-electron chi connectivity index (χ3n) is 2.22. The first-order valence-corrected chi connectivity index (χ1v) is 6.40. The quantitative estimate of drug-likeness (QED) is 0.896. The summed E-state index contributed by atoms with van der Waals surface area (Å²) in [5.41, 5.74) is 2.35. The van der Waals surface area contributed by atoms with E-state index in [9.17, 15) is 0 Å². The van der Waals surface area contributed by atoms with Crippen molar-refractivity contribution < 1.29 is 0 Å². The van der Waals surface area contributed by atoms with Crippen molar-refractivity contribution in [1.29, 1.82) is 0 Å². The highest BCUT2D eigenvalue weighted by atomic mass is 35.5. The van der Waals surface area contributed by atoms with E-state index in [-0.39, 0.29) is 0 Å². The van der Waals surface area contributed by atoms with Crippen LogP contribution in [0.1, 0.15) is 11.3 Å². The lowest BCUT2D eigenvalue weighted by Crippen LogP contribution is -2.04. The van der Waals surface area contributed by atoms with Crippen LogP contribution in [-0.4, -0.2) is 11.5 Å². The highest BCUT2D eigenvalue weighted by Crippen LogP contribution is 2.14. The summed E-state index contributed by atoms with van der Waals surface area (Å²) in [6.07, 6.45) is 0.982. The van der Waals surface area contributed by atoms with Crippen molar-refractivity contribution in [2.75, 3.05) is 11.9 Å². The first-order valence-electron chi connectivity index (χ1n) is 5.14. The van der Waals surface area contributed by atoms with E-state index in [4.69, 9.17) is 11.6 Å². The largest absolute Gasteiger partial charge is 0.361 e. The summed E-state index contributed by atoms with van der Waals surface area (Å²) < 4.78 is 0. The van der Waals surface area contributed by atoms with Gasteiger partial charge in [0.1, 0.15) is 0 Å². The molecule has 0 fully saturated rings. The van der Waals surface area contributed by atoms with Crippen LogP contribution in [0.25, 0.3) is 0 Å². The predicted molar refractivity (Wildman–Crippen MR) is 70.5 cm³/mol. The second-order valence-corrected chi connectivity index (χ2v) is 4.89. The number of anilines is 1. The molecule has 0 aliphatic heterocycles. The highest BCUT2D eigenvalue weighted by Gasteiger charge is 1.97. The third-order valence-corrected chi connectivity index (χ3v) is 3.39. The molecule has 0 spiro atoms. The summed E-state index contributed by atoms with van der Waals surface area (Å²) >= 11 is 7.46. The first-order chi connectivity index (χ1) is 7.74. The van der Waals surface area contributed by atoms with Gasteiger partial charge >= 0.3 is 0 Å². The molecule has 84 valence electrons. The minimum Gasteiger partial charge on any atom is -0.361 e. The Morgan fingerprint density at radius 3 is 2.69 bits per heavy atom. The maximum atomic E-state index is 5.82. The molecule has 1 aromatic carbocycles. The van der Waals surface area contributed by atoms with Crippen molar-refractivity contribution >= 4 is 28.1 Å². The van der Waals surface area contributed by atoms with E-state index in [2.05, 4.69) is 22.4 Å². The molecule has 1 N–H and O–H groups in total. The lowest BCUT2D eigenvalue weighted by Gasteiger charge is -2.02. The van der Waals surface area contributed by atoms with Gasteiger partial charge in [-0.05, 0) is 31.0 Å². The number of thiazole rings is 1. The Kier molecular flexibility index (Phi) is 3.80. The summed E-state index contributed by atoms with van der Waals surface area (Å²) in [5.74, 6) is 0. The fraction of sp³-hybridized carbons (Fsp3) is 0.250. The van der Waals surface area contributed by atoms with Crippen LogP contribution in [0.2, 0.25) is 5.02 Å². The topological polar surface area (TPSA) is 24.9 Å². The van der Waals surface area contributed by atoms with Gasteiger partial charge in [-0.3, -0.25) is 0 Å². The molecule has 1 heterocycles. The fourth-order valence-electron chi connectivity index (χ4n) is 1.40. The molecule has 0 bridgehead atoms. The van der Waals surface area contributed by atoms with Crippen molar-refractivity contribution in [1.82, 2.24) is 4.98 Å². The van der Waals surface area contributed by atoms with Crippen LogP contribution in [-0.2, 0) is 6.42 Å². The van der Waals surface area contributed by atoms with Gasteiger partial charge in [-0.2, -0.15) is 0 Å². The van der Waals surface area contributed by atoms with Gasteiger partial charge in [-0.15, -0.1) is 11.3 Å². The fourth-order valence-corrected chi connectivity index (χ4v) is 2.24. The van der Waals surface area contributed by atoms with Crippen molar-refractivity contribution in [3.63, 3.8) is 0 Å². The Morgan fingerprint density at radius 2 is 2.06 bits per heavy atom. The number of benzene rings is 1. The lowest BCUT2D eigenvalue weighted by molar-refractivity contribution is 1.01. The van der Waals surface area contributed by atoms with E-state index < -0.39 is 0 Å². The van der Waals surface area contributed by atoms with Gasteiger partial charge in [0.05, 0.1) is 5.69 Å².